The van der Waals surface area contributed by atoms with Crippen LogP contribution in [-0.2, 0) is 21.7 Å². The normalized spacial score (nSPS) is 38.8. The van der Waals surface area contributed by atoms with Gasteiger partial charge in [0.1, 0.15) is 0 Å². The minimum atomic E-state index is -5.21. The predicted molar refractivity (Wildman–Crippen MR) is 73.8 cm³/mol. The molecular weight excluding hydrogens is 455 g/mol. The van der Waals surface area contributed by atoms with Crippen molar-refractivity contribution in [3.8, 4) is 0 Å². The first-order valence-corrected chi connectivity index (χ1v) is 9.69. The molecule has 0 spiro atoms. The summed E-state index contributed by atoms with van der Waals surface area (Å²) in [5, 5.41) is -2.62. The van der Waals surface area contributed by atoms with Crippen molar-refractivity contribution in [3.63, 3.8) is 0 Å². The van der Waals surface area contributed by atoms with E-state index >= 15 is 0 Å². The molecule has 0 amide bonds. The van der Waals surface area contributed by atoms with Crippen LogP contribution in [0.2, 0.25) is 0 Å². The van der Waals surface area contributed by atoms with Gasteiger partial charge in [-0.25, -0.2) is 0 Å². The van der Waals surface area contributed by atoms with Crippen molar-refractivity contribution in [2.45, 2.75) is 32.3 Å². The number of halogens is 7. The molecule has 0 aromatic rings. The summed E-state index contributed by atoms with van der Waals surface area (Å²) in [6.45, 7) is 0. The molecule has 1 fully saturated rings. The van der Waals surface area contributed by atoms with Crippen molar-refractivity contribution in [2.75, 3.05) is 0 Å². The molecule has 0 saturated heterocycles. The van der Waals surface area contributed by atoms with Crippen LogP contribution in [0.25, 0.3) is 0 Å². The van der Waals surface area contributed by atoms with Crippen LogP contribution in [0.4, 0.5) is 4.53 Å². The van der Waals surface area contributed by atoms with Gasteiger partial charge in [0.15, 0.2) is 0 Å². The first-order valence-electron chi connectivity index (χ1n) is 4.34. The number of alkyl halides is 6. The molecule has 0 unspecified atom stereocenters. The molecule has 0 aromatic heterocycles. The Bertz CT molecular complexity index is 206. The Morgan fingerprint density at radius 1 is 0.684 bits per heavy atom. The van der Waals surface area contributed by atoms with Gasteiger partial charge in [-0.3, -0.25) is 0 Å². The zero-order valence-electron chi connectivity index (χ0n) is 8.36. The summed E-state index contributed by atoms with van der Waals surface area (Å²) in [4.78, 5) is 0. The van der Waals surface area contributed by atoms with Crippen molar-refractivity contribution in [1.82, 2.24) is 0 Å². The third-order valence-corrected chi connectivity index (χ3v) is 6.28. The summed E-state index contributed by atoms with van der Waals surface area (Å²) in [7, 11) is 0. The molecule has 1 aliphatic carbocycles. The first-order chi connectivity index (χ1) is 8.02. The molecule has 1 rings (SSSR count). The first kappa shape index (κ1) is 25.1. The molecular formula is C6H10Cl6FKO4Ti. The standard InChI is InChI=1S/C6H6Cl6.FO.K.3H2O.Ti.H/c7-1-2(8)4(10)6(12)5(11)3(1)9;1-2;;;;;;/h1-6H;;;3*1H2;;/q;-1;;;;;+4;/p-3/t1-,2-,3-,4+,5+,6+;;;;;;;. The Kier molecular flexibility index (Phi) is 15.1. The van der Waals surface area contributed by atoms with E-state index in [1.54, 1.807) is 0 Å². The van der Waals surface area contributed by atoms with Crippen LogP contribution in [0.1, 0.15) is 0 Å². The number of rotatable bonds is 1. The van der Waals surface area contributed by atoms with E-state index in [-0.39, 0.29) is 51.4 Å². The van der Waals surface area contributed by atoms with Crippen LogP contribution >= 0.6 is 69.6 Å². The second-order valence-electron chi connectivity index (χ2n) is 3.32. The van der Waals surface area contributed by atoms with Crippen molar-refractivity contribution in [1.29, 1.82) is 0 Å². The van der Waals surface area contributed by atoms with Crippen LogP contribution in [0.15, 0.2) is 0 Å². The number of hydrogen-bond acceptors (Lipinski definition) is 4. The summed E-state index contributed by atoms with van der Waals surface area (Å²) in [5.74, 6) is 0. The Labute approximate surface area is 187 Å². The Morgan fingerprint density at radius 2 is 0.789 bits per heavy atom. The third kappa shape index (κ3) is 9.05. The molecule has 0 atom stereocenters. The van der Waals surface area contributed by atoms with Crippen molar-refractivity contribution < 1.29 is 37.3 Å². The fourth-order valence-corrected chi connectivity index (χ4v) is 3.38. The van der Waals surface area contributed by atoms with Crippen LogP contribution in [-0.4, -0.2) is 94.7 Å². The van der Waals surface area contributed by atoms with E-state index in [0.717, 1.165) is 0 Å². The third-order valence-electron chi connectivity index (χ3n) is 1.93. The van der Waals surface area contributed by atoms with Gasteiger partial charge < -0.3 is 0 Å². The Morgan fingerprint density at radius 3 is 0.842 bits per heavy atom. The van der Waals surface area contributed by atoms with E-state index in [1.807, 2.05) is 0 Å². The Balaban J connectivity index is 0. The number of hydrogen-bond donors (Lipinski definition) is 3. The van der Waals surface area contributed by atoms with Gasteiger partial charge in [-0.2, -0.15) is 0 Å². The fraction of sp³-hybridized carbons (Fsp3) is 1.00. The van der Waals surface area contributed by atoms with Crippen LogP contribution in [0.3, 0.4) is 0 Å². The maximum absolute atomic E-state index is 10.3. The second-order valence-corrected chi connectivity index (χ2v) is 8.37. The van der Waals surface area contributed by atoms with Crippen molar-refractivity contribution in [2.24, 2.45) is 0 Å². The maximum atomic E-state index is 10.3. The zero-order chi connectivity index (χ0) is 14.7. The summed E-state index contributed by atoms with van der Waals surface area (Å²) in [6.07, 6.45) is 0. The monoisotopic (exact) mass is 462 g/mol. The molecule has 0 bridgehead atoms. The van der Waals surface area contributed by atoms with Gasteiger partial charge in [-0.05, 0) is 0 Å². The predicted octanol–water partition coefficient (Wildman–Crippen LogP) is 1.67. The molecule has 3 N–H and O–H groups in total. The van der Waals surface area contributed by atoms with E-state index in [2.05, 4.69) is 3.52 Å². The van der Waals surface area contributed by atoms with Crippen molar-refractivity contribution in [3.05, 3.63) is 0 Å². The molecule has 112 valence electrons. The minimum absolute atomic E-state index is 0. The molecule has 0 aromatic carbocycles. The molecule has 4 nitrogen and oxygen atoms in total. The summed E-state index contributed by atoms with van der Waals surface area (Å²) < 4.78 is 35.2. The van der Waals surface area contributed by atoms with Crippen LogP contribution in [0, 0.1) is 0 Å². The quantitative estimate of drug-likeness (QED) is 0.408. The zero-order valence-corrected chi connectivity index (χ0v) is 14.5. The SMILES string of the molecule is Cl[C@H]1[C@H](Cl)[C@@H](Cl)[C@@H](Cl)[C@H](Cl)[C@H]1Cl.[KH].[OH][Ti]([OH])([OH])[O]F. The van der Waals surface area contributed by atoms with Gasteiger partial charge in [0.05, 0.1) is 32.3 Å². The molecule has 1 aliphatic rings. The van der Waals surface area contributed by atoms with E-state index in [0.29, 0.717) is 0 Å². The van der Waals surface area contributed by atoms with E-state index < -0.39 is 50.4 Å². The average Bonchev–Trinajstić information content (AvgIpc) is 2.31. The van der Waals surface area contributed by atoms with Gasteiger partial charge in [-0.15, -0.1) is 69.6 Å². The molecule has 0 radical (unpaired) electrons. The van der Waals surface area contributed by atoms with E-state index in [1.165, 1.54) is 0 Å². The Hall–Kier alpha value is 3.86. The van der Waals surface area contributed by atoms with E-state index in [4.69, 9.17) is 80.7 Å². The molecule has 1 saturated carbocycles. The summed E-state index contributed by atoms with van der Waals surface area (Å²) >= 11 is 30.1. The van der Waals surface area contributed by atoms with Gasteiger partial charge in [0.2, 0.25) is 0 Å². The van der Waals surface area contributed by atoms with Crippen LogP contribution < -0.4 is 0 Å². The molecule has 19 heavy (non-hydrogen) atoms. The summed E-state index contributed by atoms with van der Waals surface area (Å²) in [5.41, 5.74) is 0. The molecule has 13 heteroatoms. The fourth-order valence-electron chi connectivity index (χ4n) is 1.05. The van der Waals surface area contributed by atoms with Gasteiger partial charge in [0.25, 0.3) is 0 Å². The van der Waals surface area contributed by atoms with Gasteiger partial charge in [-0.1, -0.05) is 0 Å². The second kappa shape index (κ2) is 11.4. The van der Waals surface area contributed by atoms with Crippen molar-refractivity contribution >= 4 is 121 Å². The van der Waals surface area contributed by atoms with Gasteiger partial charge in [0, 0.05) is 0 Å². The summed E-state index contributed by atoms with van der Waals surface area (Å²) in [6, 6.07) is 0. The van der Waals surface area contributed by atoms with Gasteiger partial charge >= 0.3 is 88.6 Å². The molecule has 0 aliphatic heterocycles. The van der Waals surface area contributed by atoms with E-state index in [9.17, 15) is 4.53 Å². The average molecular weight is 465 g/mol. The topological polar surface area (TPSA) is 69.9 Å². The molecule has 0 heterocycles. The van der Waals surface area contributed by atoms with Crippen LogP contribution in [0.5, 0.6) is 0 Å².